The van der Waals surface area contributed by atoms with Crippen LogP contribution in [0.1, 0.15) is 6.23 Å². The van der Waals surface area contributed by atoms with Crippen molar-refractivity contribution in [3.05, 3.63) is 17.0 Å². The second-order valence-electron chi connectivity index (χ2n) is 4.12. The van der Waals surface area contributed by atoms with Crippen molar-refractivity contribution in [2.24, 2.45) is 0 Å². The number of nitrogens with two attached hydrogens (primary N) is 1. The third kappa shape index (κ3) is 2.11. The first-order valence-electron chi connectivity index (χ1n) is 5.39. The summed E-state index contributed by atoms with van der Waals surface area (Å²) in [7, 11) is 0. The summed E-state index contributed by atoms with van der Waals surface area (Å²) < 4.78 is 20.4. The maximum atomic E-state index is 14.0. The van der Waals surface area contributed by atoms with Crippen molar-refractivity contribution in [1.82, 2.24) is 9.55 Å². The molecule has 0 aromatic carbocycles. The molecule has 0 spiro atoms. The minimum absolute atomic E-state index is 0.00975. The van der Waals surface area contributed by atoms with Crippen LogP contribution in [0.5, 0.6) is 0 Å². The Labute approximate surface area is 113 Å². The molecular formula is C11H12FN3O3S. The first-order valence-corrected chi connectivity index (χ1v) is 5.80. The largest absolute Gasteiger partial charge is 0.394 e. The van der Waals surface area contributed by atoms with E-state index in [9.17, 15) is 9.50 Å². The van der Waals surface area contributed by atoms with Gasteiger partial charge >= 0.3 is 0 Å². The number of halogens is 1. The van der Waals surface area contributed by atoms with Gasteiger partial charge in [0.2, 0.25) is 10.4 Å². The Bertz CT molecular complexity index is 587. The second kappa shape index (κ2) is 4.86. The molecular weight excluding hydrogens is 273 g/mol. The van der Waals surface area contributed by atoms with E-state index in [0.717, 1.165) is 0 Å². The number of anilines is 1. The summed E-state index contributed by atoms with van der Waals surface area (Å²) in [4.78, 5) is 3.80. The summed E-state index contributed by atoms with van der Waals surface area (Å²) in [6.45, 7) is -0.614. The van der Waals surface area contributed by atoms with Crippen LogP contribution in [-0.2, 0) is 4.74 Å². The van der Waals surface area contributed by atoms with Crippen LogP contribution in [0, 0.1) is 17.1 Å². The highest BCUT2D eigenvalue weighted by molar-refractivity contribution is 7.71. The zero-order valence-electron chi connectivity index (χ0n) is 9.73. The number of aromatic nitrogens is 2. The lowest BCUT2D eigenvalue weighted by atomic mass is 9.96. The summed E-state index contributed by atoms with van der Waals surface area (Å²) in [5.74, 6) is 2.14. The Morgan fingerprint density at radius 1 is 1.74 bits per heavy atom. The highest BCUT2D eigenvalue weighted by Crippen LogP contribution is 2.39. The van der Waals surface area contributed by atoms with E-state index in [1.54, 1.807) is 0 Å². The molecule has 1 aromatic rings. The molecule has 4 N–H and O–H groups in total. The quantitative estimate of drug-likeness (QED) is 0.514. The zero-order chi connectivity index (χ0) is 14.2. The maximum Gasteiger partial charge on any atom is 0.204 e. The summed E-state index contributed by atoms with van der Waals surface area (Å²) >= 11 is 4.97. The molecule has 1 aromatic heterocycles. The molecule has 102 valence electrons. The van der Waals surface area contributed by atoms with Crippen molar-refractivity contribution in [3.63, 3.8) is 0 Å². The van der Waals surface area contributed by atoms with E-state index in [-0.39, 0.29) is 10.6 Å². The van der Waals surface area contributed by atoms with Crippen LogP contribution in [-0.4, -0.2) is 44.2 Å². The van der Waals surface area contributed by atoms with Gasteiger partial charge in [-0.1, -0.05) is 5.92 Å². The summed E-state index contributed by atoms with van der Waals surface area (Å²) in [5.41, 5.74) is 3.23. The first kappa shape index (κ1) is 13.9. The number of alkyl halides is 1. The Morgan fingerprint density at radius 3 is 2.95 bits per heavy atom. The van der Waals surface area contributed by atoms with Crippen LogP contribution >= 0.6 is 12.2 Å². The molecule has 2 heterocycles. The molecule has 0 bridgehead atoms. The van der Waals surface area contributed by atoms with Crippen molar-refractivity contribution in [3.8, 4) is 12.3 Å². The van der Waals surface area contributed by atoms with Crippen molar-refractivity contribution in [2.75, 3.05) is 12.3 Å². The van der Waals surface area contributed by atoms with Crippen molar-refractivity contribution in [2.45, 2.75) is 24.1 Å². The monoisotopic (exact) mass is 285 g/mol. The van der Waals surface area contributed by atoms with E-state index in [2.05, 4.69) is 4.98 Å². The van der Waals surface area contributed by atoms with Crippen molar-refractivity contribution < 1.29 is 19.3 Å². The van der Waals surface area contributed by atoms with E-state index < -0.39 is 30.7 Å². The molecule has 0 aliphatic carbocycles. The number of terminal acetylenes is 1. The van der Waals surface area contributed by atoms with Gasteiger partial charge in [0.05, 0.1) is 6.61 Å². The lowest BCUT2D eigenvalue weighted by molar-refractivity contribution is -0.0739. The minimum Gasteiger partial charge on any atom is -0.394 e. The van der Waals surface area contributed by atoms with Crippen LogP contribution in [0.4, 0.5) is 10.2 Å². The van der Waals surface area contributed by atoms with Crippen LogP contribution in [0.25, 0.3) is 0 Å². The predicted octanol–water partition coefficient (Wildman–Crippen LogP) is -0.213. The maximum absolute atomic E-state index is 14.0. The summed E-state index contributed by atoms with van der Waals surface area (Å²) in [6, 6.07) is 1.41. The number of hydrogen-bond donors (Lipinski definition) is 3. The average Bonchev–Trinajstić information content (AvgIpc) is 2.63. The predicted molar refractivity (Wildman–Crippen MR) is 67.1 cm³/mol. The number of ether oxygens (including phenoxy) is 1. The van der Waals surface area contributed by atoms with Crippen LogP contribution in [0.2, 0.25) is 0 Å². The minimum atomic E-state index is -2.23. The van der Waals surface area contributed by atoms with E-state index in [1.807, 2.05) is 5.92 Å². The average molecular weight is 285 g/mol. The smallest absolute Gasteiger partial charge is 0.204 e. The molecule has 6 nitrogen and oxygen atoms in total. The molecule has 1 saturated heterocycles. The normalized spacial score (nSPS) is 34.1. The Hall–Kier alpha value is -1.53. The van der Waals surface area contributed by atoms with Crippen LogP contribution < -0.4 is 5.73 Å². The molecule has 19 heavy (non-hydrogen) atoms. The molecule has 1 aliphatic rings. The lowest BCUT2D eigenvalue weighted by Gasteiger charge is -2.25. The van der Waals surface area contributed by atoms with E-state index >= 15 is 0 Å². The van der Waals surface area contributed by atoms with Gasteiger partial charge < -0.3 is 20.7 Å². The SMILES string of the molecule is C#CC1(O)C(n2ccc(N)nc2=S)OC(CO)[C@@H]1F. The van der Waals surface area contributed by atoms with Gasteiger partial charge in [0.15, 0.2) is 12.4 Å². The van der Waals surface area contributed by atoms with Crippen LogP contribution in [0.15, 0.2) is 12.3 Å². The van der Waals surface area contributed by atoms with Crippen LogP contribution in [0.3, 0.4) is 0 Å². The highest BCUT2D eigenvalue weighted by atomic mass is 32.1. The first-order chi connectivity index (χ1) is 8.93. The van der Waals surface area contributed by atoms with Crippen molar-refractivity contribution in [1.29, 1.82) is 0 Å². The summed E-state index contributed by atoms with van der Waals surface area (Å²) in [6.07, 6.45) is 2.14. The second-order valence-corrected chi connectivity index (χ2v) is 4.49. The molecule has 0 saturated carbocycles. The van der Waals surface area contributed by atoms with Gasteiger partial charge in [0, 0.05) is 6.20 Å². The highest BCUT2D eigenvalue weighted by Gasteiger charge is 2.56. The van der Waals surface area contributed by atoms with Gasteiger partial charge in [0.25, 0.3) is 0 Å². The van der Waals surface area contributed by atoms with Gasteiger partial charge in [-0.15, -0.1) is 6.42 Å². The summed E-state index contributed by atoms with van der Waals surface area (Å²) in [5, 5.41) is 19.2. The number of aliphatic hydroxyl groups excluding tert-OH is 1. The molecule has 3 unspecified atom stereocenters. The van der Waals surface area contributed by atoms with Gasteiger partial charge in [-0.3, -0.25) is 4.57 Å². The standard InChI is InChI=1S/C11H12FN3O3S/c1-2-11(17)8(12)6(5-16)18-9(11)15-4-3-7(13)14-10(15)19/h1,3-4,6,8-9,16-17H,5H2,(H2,13,14,19)/t6?,8-,9?,11?/m0/s1. The lowest BCUT2D eigenvalue weighted by Crippen LogP contribution is -2.43. The fraction of sp³-hybridized carbons (Fsp3) is 0.455. The van der Waals surface area contributed by atoms with Gasteiger partial charge in [0.1, 0.15) is 11.9 Å². The van der Waals surface area contributed by atoms with Crippen molar-refractivity contribution >= 4 is 18.0 Å². The van der Waals surface area contributed by atoms with E-state index in [4.69, 9.17) is 34.2 Å². The number of nitrogen functional groups attached to an aromatic ring is 1. The number of rotatable bonds is 2. The third-order valence-electron chi connectivity index (χ3n) is 2.94. The molecule has 1 aliphatic heterocycles. The Balaban J connectivity index is 2.49. The molecule has 8 heteroatoms. The van der Waals surface area contributed by atoms with E-state index in [1.165, 1.54) is 16.8 Å². The topological polar surface area (TPSA) is 93.5 Å². The zero-order valence-corrected chi connectivity index (χ0v) is 10.5. The number of aliphatic hydroxyl groups is 2. The fourth-order valence-electron chi connectivity index (χ4n) is 1.93. The third-order valence-corrected chi connectivity index (χ3v) is 3.24. The molecule has 4 atom stereocenters. The Morgan fingerprint density at radius 2 is 2.42 bits per heavy atom. The molecule has 0 amide bonds. The molecule has 0 radical (unpaired) electrons. The van der Waals surface area contributed by atoms with Gasteiger partial charge in [-0.2, -0.15) is 0 Å². The fourth-order valence-corrected chi connectivity index (χ4v) is 2.19. The van der Waals surface area contributed by atoms with Gasteiger partial charge in [-0.25, -0.2) is 9.37 Å². The Kier molecular flexibility index (Phi) is 3.56. The molecule has 1 fully saturated rings. The van der Waals surface area contributed by atoms with Gasteiger partial charge in [-0.05, 0) is 18.3 Å². The van der Waals surface area contributed by atoms with E-state index in [0.29, 0.717) is 0 Å². The number of hydrogen-bond acceptors (Lipinski definition) is 6. The molecule has 2 rings (SSSR count). The number of nitrogens with zero attached hydrogens (tertiary/aromatic N) is 2.